The third-order valence-electron chi connectivity index (χ3n) is 2.72. The number of Topliss-reactive ketones (excluding diaryl/α,β-unsaturated/α-hetero) is 1. The monoisotopic (exact) mass is 182 g/mol. The van der Waals surface area contributed by atoms with Gasteiger partial charge in [0.15, 0.2) is 5.78 Å². The van der Waals surface area contributed by atoms with Crippen LogP contribution in [0.2, 0.25) is 0 Å². The Kier molecular flexibility index (Phi) is 6.56. The molecule has 76 valence electrons. The van der Waals surface area contributed by atoms with Gasteiger partial charge in [0, 0.05) is 6.42 Å². The van der Waals surface area contributed by atoms with Gasteiger partial charge in [-0.1, -0.05) is 39.7 Å². The lowest BCUT2D eigenvalue weighted by atomic mass is 9.93. The van der Waals surface area contributed by atoms with Crippen LogP contribution in [0.4, 0.5) is 0 Å². The summed E-state index contributed by atoms with van der Waals surface area (Å²) in [6.07, 6.45) is 5.78. The van der Waals surface area contributed by atoms with Crippen LogP contribution in [0.25, 0.3) is 0 Å². The van der Waals surface area contributed by atoms with Crippen molar-refractivity contribution in [2.75, 3.05) is 0 Å². The first-order valence-corrected chi connectivity index (χ1v) is 5.37. The first-order valence-electron chi connectivity index (χ1n) is 5.37. The van der Waals surface area contributed by atoms with E-state index in [9.17, 15) is 4.79 Å². The van der Waals surface area contributed by atoms with Crippen molar-refractivity contribution >= 4 is 5.78 Å². The Balaban J connectivity index is 4.12. The first kappa shape index (κ1) is 12.4. The third kappa shape index (κ3) is 4.25. The summed E-state index contributed by atoms with van der Waals surface area (Å²) in [6, 6.07) is 0. The smallest absolute Gasteiger partial charge is 0.158 e. The summed E-state index contributed by atoms with van der Waals surface area (Å²) in [5.41, 5.74) is 0.993. The van der Waals surface area contributed by atoms with Crippen molar-refractivity contribution in [2.45, 2.75) is 53.4 Å². The van der Waals surface area contributed by atoms with Gasteiger partial charge in [-0.05, 0) is 24.8 Å². The van der Waals surface area contributed by atoms with Gasteiger partial charge in [0.05, 0.1) is 0 Å². The van der Waals surface area contributed by atoms with Gasteiger partial charge in [-0.2, -0.15) is 0 Å². The van der Waals surface area contributed by atoms with Crippen LogP contribution >= 0.6 is 0 Å². The number of ketones is 1. The predicted molar refractivity (Wildman–Crippen MR) is 57.7 cm³/mol. The van der Waals surface area contributed by atoms with Crippen LogP contribution in [0.5, 0.6) is 0 Å². The van der Waals surface area contributed by atoms with Crippen molar-refractivity contribution < 1.29 is 4.79 Å². The Hall–Kier alpha value is -0.590. The number of carbonyl (C=O) groups is 1. The van der Waals surface area contributed by atoms with Crippen LogP contribution in [0.1, 0.15) is 53.4 Å². The molecular formula is C12H22O. The van der Waals surface area contributed by atoms with Crippen molar-refractivity contribution in [3.63, 3.8) is 0 Å². The average molecular weight is 182 g/mol. The van der Waals surface area contributed by atoms with E-state index in [4.69, 9.17) is 0 Å². The molecule has 0 radical (unpaired) electrons. The van der Waals surface area contributed by atoms with E-state index in [1.165, 1.54) is 0 Å². The highest BCUT2D eigenvalue weighted by atomic mass is 16.1. The Morgan fingerprint density at radius 3 is 2.08 bits per heavy atom. The molecule has 13 heavy (non-hydrogen) atoms. The summed E-state index contributed by atoms with van der Waals surface area (Å²) in [6.45, 7) is 8.30. The van der Waals surface area contributed by atoms with E-state index in [0.717, 1.165) is 31.3 Å². The van der Waals surface area contributed by atoms with E-state index in [0.29, 0.717) is 11.7 Å². The van der Waals surface area contributed by atoms with Crippen molar-refractivity contribution in [1.29, 1.82) is 0 Å². The first-order chi connectivity index (χ1) is 6.19. The molecule has 0 amide bonds. The van der Waals surface area contributed by atoms with E-state index in [-0.39, 0.29) is 0 Å². The van der Waals surface area contributed by atoms with E-state index >= 15 is 0 Å². The van der Waals surface area contributed by atoms with Crippen LogP contribution in [0, 0.1) is 5.92 Å². The van der Waals surface area contributed by atoms with Crippen LogP contribution < -0.4 is 0 Å². The minimum absolute atomic E-state index is 0.346. The SMILES string of the molecule is CC=C(CC)C(=O)CC(CC)CC. The molecule has 0 saturated heterocycles. The van der Waals surface area contributed by atoms with Gasteiger partial charge in [-0.15, -0.1) is 0 Å². The van der Waals surface area contributed by atoms with Gasteiger partial charge in [-0.25, -0.2) is 0 Å². The van der Waals surface area contributed by atoms with Crippen LogP contribution in [-0.2, 0) is 4.79 Å². The Morgan fingerprint density at radius 1 is 1.23 bits per heavy atom. The predicted octanol–water partition coefficient (Wildman–Crippen LogP) is 3.74. The molecule has 0 N–H and O–H groups in total. The molecule has 0 aliphatic rings. The summed E-state index contributed by atoms with van der Waals surface area (Å²) in [5, 5.41) is 0. The van der Waals surface area contributed by atoms with Gasteiger partial charge in [0.2, 0.25) is 0 Å². The third-order valence-corrected chi connectivity index (χ3v) is 2.72. The molecule has 1 nitrogen and oxygen atoms in total. The average Bonchev–Trinajstić information content (AvgIpc) is 2.16. The molecule has 0 aliphatic carbocycles. The highest BCUT2D eigenvalue weighted by Gasteiger charge is 2.12. The van der Waals surface area contributed by atoms with E-state index in [2.05, 4.69) is 13.8 Å². The summed E-state index contributed by atoms with van der Waals surface area (Å²) in [7, 11) is 0. The fourth-order valence-corrected chi connectivity index (χ4v) is 1.53. The van der Waals surface area contributed by atoms with Gasteiger partial charge < -0.3 is 0 Å². The van der Waals surface area contributed by atoms with Crippen LogP contribution in [-0.4, -0.2) is 5.78 Å². The van der Waals surface area contributed by atoms with Gasteiger partial charge in [0.25, 0.3) is 0 Å². The minimum atomic E-state index is 0.346. The lowest BCUT2D eigenvalue weighted by Crippen LogP contribution is -2.09. The van der Waals surface area contributed by atoms with Crippen molar-refractivity contribution in [1.82, 2.24) is 0 Å². The van der Waals surface area contributed by atoms with Crippen molar-refractivity contribution in [2.24, 2.45) is 5.92 Å². The van der Waals surface area contributed by atoms with Crippen molar-refractivity contribution in [3.8, 4) is 0 Å². The van der Waals surface area contributed by atoms with Crippen LogP contribution in [0.15, 0.2) is 11.6 Å². The molecule has 0 aromatic rings. The molecule has 0 aromatic heterocycles. The van der Waals surface area contributed by atoms with Crippen molar-refractivity contribution in [3.05, 3.63) is 11.6 Å². The van der Waals surface area contributed by atoms with Gasteiger partial charge in [-0.3, -0.25) is 4.79 Å². The molecule has 0 unspecified atom stereocenters. The van der Waals surface area contributed by atoms with E-state index in [1.54, 1.807) is 0 Å². The number of rotatable bonds is 6. The fourth-order valence-electron chi connectivity index (χ4n) is 1.53. The highest BCUT2D eigenvalue weighted by Crippen LogP contribution is 2.16. The van der Waals surface area contributed by atoms with Crippen LogP contribution in [0.3, 0.4) is 0 Å². The zero-order valence-electron chi connectivity index (χ0n) is 9.39. The second-order valence-electron chi connectivity index (χ2n) is 3.48. The quantitative estimate of drug-likeness (QED) is 0.572. The number of allylic oxidation sites excluding steroid dienone is 2. The fraction of sp³-hybridized carbons (Fsp3) is 0.750. The molecule has 0 fully saturated rings. The molecule has 0 spiro atoms. The second kappa shape index (κ2) is 6.88. The maximum atomic E-state index is 11.7. The zero-order valence-corrected chi connectivity index (χ0v) is 9.39. The molecule has 0 atom stereocenters. The summed E-state index contributed by atoms with van der Waals surface area (Å²) >= 11 is 0. The molecule has 0 bridgehead atoms. The molecule has 0 saturated carbocycles. The van der Waals surface area contributed by atoms with Gasteiger partial charge in [0.1, 0.15) is 0 Å². The summed E-state index contributed by atoms with van der Waals surface area (Å²) in [4.78, 5) is 11.7. The lowest BCUT2D eigenvalue weighted by molar-refractivity contribution is -0.116. The molecule has 0 aliphatic heterocycles. The molecule has 0 aromatic carbocycles. The largest absolute Gasteiger partial charge is 0.295 e. The Labute approximate surface area is 82.2 Å². The summed E-state index contributed by atoms with van der Waals surface area (Å²) in [5.74, 6) is 0.924. The molecule has 0 heterocycles. The number of hydrogen-bond donors (Lipinski definition) is 0. The second-order valence-corrected chi connectivity index (χ2v) is 3.48. The molecule has 0 rings (SSSR count). The normalized spacial score (nSPS) is 12.2. The van der Waals surface area contributed by atoms with E-state index in [1.807, 2.05) is 19.9 Å². The Bertz CT molecular complexity index is 176. The lowest BCUT2D eigenvalue weighted by Gasteiger charge is -2.11. The maximum absolute atomic E-state index is 11.7. The number of carbonyl (C=O) groups excluding carboxylic acids is 1. The standard InChI is InChI=1S/C12H22O/c1-5-10(6-2)9-12(13)11(7-3)8-4/h7,10H,5-6,8-9H2,1-4H3. The maximum Gasteiger partial charge on any atom is 0.158 e. The Morgan fingerprint density at radius 2 is 1.77 bits per heavy atom. The number of hydrogen-bond acceptors (Lipinski definition) is 1. The topological polar surface area (TPSA) is 17.1 Å². The minimum Gasteiger partial charge on any atom is -0.295 e. The van der Waals surface area contributed by atoms with Gasteiger partial charge >= 0.3 is 0 Å². The molecular weight excluding hydrogens is 160 g/mol. The highest BCUT2D eigenvalue weighted by molar-refractivity contribution is 5.95. The summed E-state index contributed by atoms with van der Waals surface area (Å²) < 4.78 is 0. The zero-order chi connectivity index (χ0) is 10.3. The molecule has 1 heteroatoms. The van der Waals surface area contributed by atoms with E-state index < -0.39 is 0 Å².